The summed E-state index contributed by atoms with van der Waals surface area (Å²) >= 11 is 5.78. The summed E-state index contributed by atoms with van der Waals surface area (Å²) in [4.78, 5) is 16.7. The Morgan fingerprint density at radius 2 is 1.81 bits per heavy atom. The van der Waals surface area contributed by atoms with Crippen LogP contribution in [-0.2, 0) is 16.1 Å². The second kappa shape index (κ2) is 9.87. The van der Waals surface area contributed by atoms with Gasteiger partial charge in [0.25, 0.3) is 0 Å². The van der Waals surface area contributed by atoms with Crippen molar-refractivity contribution >= 4 is 56.5 Å². The summed E-state index contributed by atoms with van der Waals surface area (Å²) in [5.74, 6) is 0.939. The van der Waals surface area contributed by atoms with E-state index in [4.69, 9.17) is 14.2 Å². The van der Waals surface area contributed by atoms with Crippen molar-refractivity contribution in [2.75, 3.05) is 7.11 Å². The lowest BCUT2D eigenvalue weighted by Crippen LogP contribution is -2.05. The molecule has 0 aliphatic carbocycles. The Hall–Kier alpha value is -2.65. The predicted octanol–water partition coefficient (Wildman–Crippen LogP) is 6.29. The maximum absolute atomic E-state index is 12.3. The highest BCUT2D eigenvalue weighted by Gasteiger charge is 2.24. The lowest BCUT2D eigenvalue weighted by molar-refractivity contribution is -0.129. The monoisotopic (exact) mass is 603 g/mol. The molecule has 1 aliphatic rings. The van der Waals surface area contributed by atoms with E-state index in [-0.39, 0.29) is 5.70 Å². The number of halogens is 2. The van der Waals surface area contributed by atoms with Crippen LogP contribution in [0.25, 0.3) is 6.08 Å². The van der Waals surface area contributed by atoms with Gasteiger partial charge in [-0.05, 0) is 99.0 Å². The van der Waals surface area contributed by atoms with E-state index < -0.39 is 5.97 Å². The van der Waals surface area contributed by atoms with Crippen LogP contribution in [-0.4, -0.2) is 19.0 Å². The summed E-state index contributed by atoms with van der Waals surface area (Å²) in [5.41, 5.74) is 3.96. The van der Waals surface area contributed by atoms with Crippen LogP contribution < -0.4 is 9.47 Å². The van der Waals surface area contributed by atoms with Crippen LogP contribution in [0.2, 0.25) is 0 Å². The highest BCUT2D eigenvalue weighted by Crippen LogP contribution is 2.38. The molecule has 3 aromatic carbocycles. The first-order chi connectivity index (χ1) is 15.4. The SMILES string of the molecule is COc1cc(/C=C2\N=C(c3ccc(I)cc3)OC2=O)cc(Br)c1OCc1ccc(C)cc1. The molecule has 0 unspecified atom stereocenters. The number of esters is 1. The molecule has 0 spiro atoms. The number of rotatable bonds is 6. The number of carbonyl (C=O) groups is 1. The van der Waals surface area contributed by atoms with Gasteiger partial charge in [0.05, 0.1) is 11.6 Å². The van der Waals surface area contributed by atoms with E-state index in [1.165, 1.54) is 5.56 Å². The highest BCUT2D eigenvalue weighted by molar-refractivity contribution is 14.1. The zero-order valence-corrected chi connectivity index (χ0v) is 21.1. The third kappa shape index (κ3) is 5.21. The first kappa shape index (κ1) is 22.5. The molecule has 5 nitrogen and oxygen atoms in total. The van der Waals surface area contributed by atoms with Crippen LogP contribution in [0.5, 0.6) is 11.5 Å². The van der Waals surface area contributed by atoms with E-state index in [0.717, 1.165) is 20.3 Å². The minimum absolute atomic E-state index is 0.223. The molecule has 7 heteroatoms. The zero-order chi connectivity index (χ0) is 22.7. The van der Waals surface area contributed by atoms with Crippen molar-refractivity contribution in [3.8, 4) is 11.5 Å². The average molecular weight is 604 g/mol. The fourth-order valence-electron chi connectivity index (χ4n) is 3.09. The molecule has 3 aromatic rings. The Morgan fingerprint density at radius 3 is 2.50 bits per heavy atom. The molecule has 0 saturated heterocycles. The number of benzene rings is 3. The smallest absolute Gasteiger partial charge is 0.363 e. The van der Waals surface area contributed by atoms with Crippen LogP contribution in [0.1, 0.15) is 22.3 Å². The number of hydrogen-bond donors (Lipinski definition) is 0. The Kier molecular flexibility index (Phi) is 6.95. The second-order valence-electron chi connectivity index (χ2n) is 7.15. The van der Waals surface area contributed by atoms with Gasteiger partial charge in [-0.2, -0.15) is 0 Å². The summed E-state index contributed by atoms with van der Waals surface area (Å²) in [6.07, 6.45) is 1.67. The van der Waals surface area contributed by atoms with Crippen LogP contribution in [0.3, 0.4) is 0 Å². The van der Waals surface area contributed by atoms with Gasteiger partial charge in [-0.25, -0.2) is 9.79 Å². The third-order valence-electron chi connectivity index (χ3n) is 4.77. The Morgan fingerprint density at radius 1 is 1.09 bits per heavy atom. The van der Waals surface area contributed by atoms with E-state index >= 15 is 0 Å². The molecule has 0 N–H and O–H groups in total. The number of aryl methyl sites for hydroxylation is 1. The average Bonchev–Trinajstić information content (AvgIpc) is 3.14. The van der Waals surface area contributed by atoms with E-state index in [9.17, 15) is 4.79 Å². The van der Waals surface area contributed by atoms with Crippen LogP contribution in [0.15, 0.2) is 75.8 Å². The summed E-state index contributed by atoms with van der Waals surface area (Å²) < 4.78 is 18.7. The molecule has 0 aromatic heterocycles. The molecule has 162 valence electrons. The van der Waals surface area contributed by atoms with Crippen molar-refractivity contribution in [2.45, 2.75) is 13.5 Å². The van der Waals surface area contributed by atoms with Crippen LogP contribution in [0, 0.1) is 10.5 Å². The molecule has 0 saturated carbocycles. The molecule has 0 fully saturated rings. The number of aliphatic imine (C=N–C) groups is 1. The summed E-state index contributed by atoms with van der Waals surface area (Å²) in [7, 11) is 1.58. The molecule has 0 atom stereocenters. The maximum atomic E-state index is 12.3. The van der Waals surface area contributed by atoms with Gasteiger partial charge in [0.2, 0.25) is 5.90 Å². The fourth-order valence-corrected chi connectivity index (χ4v) is 4.02. The van der Waals surface area contributed by atoms with Gasteiger partial charge in [0, 0.05) is 9.13 Å². The van der Waals surface area contributed by atoms with E-state index in [0.29, 0.717) is 28.5 Å². The zero-order valence-electron chi connectivity index (χ0n) is 17.4. The second-order valence-corrected chi connectivity index (χ2v) is 9.25. The van der Waals surface area contributed by atoms with E-state index in [1.54, 1.807) is 19.3 Å². The predicted molar refractivity (Wildman–Crippen MR) is 136 cm³/mol. The van der Waals surface area contributed by atoms with Gasteiger partial charge < -0.3 is 14.2 Å². The molecule has 1 aliphatic heterocycles. The molecule has 1 heterocycles. The Labute approximate surface area is 208 Å². The molecule has 4 rings (SSSR count). The Bertz CT molecular complexity index is 1220. The van der Waals surface area contributed by atoms with Gasteiger partial charge in [-0.15, -0.1) is 0 Å². The van der Waals surface area contributed by atoms with Crippen molar-refractivity contribution in [3.63, 3.8) is 0 Å². The van der Waals surface area contributed by atoms with Crippen molar-refractivity contribution in [1.82, 2.24) is 0 Å². The maximum Gasteiger partial charge on any atom is 0.363 e. The molecular formula is C25H19BrINO4. The van der Waals surface area contributed by atoms with Crippen molar-refractivity contribution in [2.24, 2.45) is 4.99 Å². The number of cyclic esters (lactones) is 1. The first-order valence-electron chi connectivity index (χ1n) is 9.77. The number of carbonyl (C=O) groups excluding carboxylic acids is 1. The van der Waals surface area contributed by atoms with Gasteiger partial charge >= 0.3 is 5.97 Å². The highest BCUT2D eigenvalue weighted by atomic mass is 127. The summed E-state index contributed by atoms with van der Waals surface area (Å²) in [6.45, 7) is 2.46. The number of nitrogens with zero attached hydrogens (tertiary/aromatic N) is 1. The van der Waals surface area contributed by atoms with Gasteiger partial charge in [0.1, 0.15) is 6.61 Å². The molecule has 0 radical (unpaired) electrons. The number of methoxy groups -OCH3 is 1. The van der Waals surface area contributed by atoms with Crippen molar-refractivity contribution < 1.29 is 19.0 Å². The lowest BCUT2D eigenvalue weighted by Gasteiger charge is -2.14. The molecule has 32 heavy (non-hydrogen) atoms. The van der Waals surface area contributed by atoms with E-state index in [1.807, 2.05) is 61.5 Å². The topological polar surface area (TPSA) is 57.1 Å². The van der Waals surface area contributed by atoms with E-state index in [2.05, 4.69) is 43.5 Å². The van der Waals surface area contributed by atoms with Gasteiger partial charge in [-0.1, -0.05) is 29.8 Å². The lowest BCUT2D eigenvalue weighted by atomic mass is 10.1. The van der Waals surface area contributed by atoms with Crippen LogP contribution in [0.4, 0.5) is 0 Å². The van der Waals surface area contributed by atoms with Gasteiger partial charge in [0.15, 0.2) is 17.2 Å². The largest absolute Gasteiger partial charge is 0.493 e. The quantitative estimate of drug-likeness (QED) is 0.189. The van der Waals surface area contributed by atoms with Crippen molar-refractivity contribution in [3.05, 3.63) is 96.7 Å². The Balaban J connectivity index is 1.58. The minimum Gasteiger partial charge on any atom is -0.493 e. The summed E-state index contributed by atoms with van der Waals surface area (Å²) in [6, 6.07) is 19.4. The van der Waals surface area contributed by atoms with Crippen molar-refractivity contribution in [1.29, 1.82) is 0 Å². The molecular weight excluding hydrogens is 585 g/mol. The molecule has 0 amide bonds. The van der Waals surface area contributed by atoms with Crippen LogP contribution >= 0.6 is 38.5 Å². The standard InChI is InChI=1S/C25H19BrINO4/c1-15-3-5-16(6-4-15)14-31-23-20(26)11-17(13-22(23)30-2)12-21-25(29)32-24(28-21)18-7-9-19(27)10-8-18/h3-13H,14H2,1-2H3/b21-12-. The number of ether oxygens (including phenoxy) is 3. The number of hydrogen-bond acceptors (Lipinski definition) is 5. The minimum atomic E-state index is -0.492. The summed E-state index contributed by atoms with van der Waals surface area (Å²) in [5, 5.41) is 0. The first-order valence-corrected chi connectivity index (χ1v) is 11.6. The third-order valence-corrected chi connectivity index (χ3v) is 6.08. The fraction of sp³-hybridized carbons (Fsp3) is 0.120. The molecule has 0 bridgehead atoms. The van der Waals surface area contributed by atoms with Gasteiger partial charge in [-0.3, -0.25) is 0 Å². The normalized spacial score (nSPS) is 14.3.